The van der Waals surface area contributed by atoms with Crippen molar-refractivity contribution >= 4 is 11.7 Å². The van der Waals surface area contributed by atoms with Gasteiger partial charge in [-0.15, -0.1) is 0 Å². The molecule has 2 rings (SSSR count). The summed E-state index contributed by atoms with van der Waals surface area (Å²) in [4.78, 5) is 11.6. The molecule has 78 valence electrons. The number of aryl methyl sites for hydroxylation is 2. The minimum Gasteiger partial charge on any atom is -0.469 e. The van der Waals surface area contributed by atoms with Crippen LogP contribution >= 0.6 is 0 Å². The molecule has 0 saturated heterocycles. The van der Waals surface area contributed by atoms with Crippen molar-refractivity contribution in [3.63, 3.8) is 0 Å². The zero-order valence-corrected chi connectivity index (χ0v) is 8.50. The van der Waals surface area contributed by atoms with Crippen LogP contribution in [0.1, 0.15) is 21.8 Å². The van der Waals surface area contributed by atoms with E-state index in [1.54, 1.807) is 19.1 Å². The van der Waals surface area contributed by atoms with Crippen LogP contribution in [0.15, 0.2) is 22.8 Å². The maximum absolute atomic E-state index is 11.6. The van der Waals surface area contributed by atoms with Crippen molar-refractivity contribution in [1.29, 1.82) is 0 Å². The lowest BCUT2D eigenvalue weighted by Crippen LogP contribution is -2.10. The summed E-state index contributed by atoms with van der Waals surface area (Å²) < 4.78 is 5.04. The lowest BCUT2D eigenvalue weighted by molar-refractivity contribution is 0.102. The number of aromatic nitrogens is 2. The highest BCUT2D eigenvalue weighted by atomic mass is 16.3. The number of carbonyl (C=O) groups excluding carboxylic acids is 1. The lowest BCUT2D eigenvalue weighted by atomic mass is 10.3. The first-order valence-corrected chi connectivity index (χ1v) is 4.53. The Bertz CT molecular complexity index is 484. The Hall–Kier alpha value is -2.04. The summed E-state index contributed by atoms with van der Waals surface area (Å²) in [5.74, 6) is 0.994. The Kier molecular flexibility index (Phi) is 2.29. The van der Waals surface area contributed by atoms with Crippen LogP contribution in [-0.4, -0.2) is 16.1 Å². The molecule has 2 aromatic rings. The van der Waals surface area contributed by atoms with Crippen LogP contribution in [0, 0.1) is 13.8 Å². The fourth-order valence-corrected chi connectivity index (χ4v) is 1.23. The number of hydrogen-bond acceptors (Lipinski definition) is 3. The van der Waals surface area contributed by atoms with Gasteiger partial charge in [0.2, 0.25) is 0 Å². The molecule has 0 aliphatic carbocycles. The number of nitrogens with one attached hydrogen (secondary N) is 2. The Morgan fingerprint density at radius 2 is 2.27 bits per heavy atom. The third-order valence-corrected chi connectivity index (χ3v) is 1.94. The van der Waals surface area contributed by atoms with Crippen molar-refractivity contribution in [3.05, 3.63) is 35.4 Å². The average molecular weight is 205 g/mol. The number of nitrogens with zero attached hydrogens (tertiary/aromatic N) is 1. The van der Waals surface area contributed by atoms with Gasteiger partial charge in [0.1, 0.15) is 12.0 Å². The zero-order valence-electron chi connectivity index (χ0n) is 8.50. The number of carbonyl (C=O) groups is 1. The largest absolute Gasteiger partial charge is 0.469 e. The van der Waals surface area contributed by atoms with Crippen LogP contribution in [0.5, 0.6) is 0 Å². The van der Waals surface area contributed by atoms with Gasteiger partial charge < -0.3 is 9.73 Å². The van der Waals surface area contributed by atoms with Gasteiger partial charge >= 0.3 is 0 Å². The Balaban J connectivity index is 2.10. The van der Waals surface area contributed by atoms with Crippen molar-refractivity contribution < 1.29 is 9.21 Å². The van der Waals surface area contributed by atoms with Crippen molar-refractivity contribution in [2.45, 2.75) is 13.8 Å². The summed E-state index contributed by atoms with van der Waals surface area (Å²) >= 11 is 0. The van der Waals surface area contributed by atoms with E-state index < -0.39 is 0 Å². The quantitative estimate of drug-likeness (QED) is 0.786. The molecule has 0 aliphatic rings. The van der Waals surface area contributed by atoms with E-state index in [0.717, 1.165) is 5.69 Å². The first-order valence-electron chi connectivity index (χ1n) is 4.53. The van der Waals surface area contributed by atoms with Gasteiger partial charge in [0, 0.05) is 11.8 Å². The summed E-state index contributed by atoms with van der Waals surface area (Å²) in [5, 5.41) is 9.29. The van der Waals surface area contributed by atoms with Crippen molar-refractivity contribution in [2.24, 2.45) is 0 Å². The SMILES string of the molecule is Cc1cc(NC(=O)c2coc(C)c2)n[nH]1. The molecular weight excluding hydrogens is 194 g/mol. The maximum atomic E-state index is 11.6. The second-order valence-corrected chi connectivity index (χ2v) is 3.34. The van der Waals surface area contributed by atoms with Crippen LogP contribution in [0.2, 0.25) is 0 Å². The second-order valence-electron chi connectivity index (χ2n) is 3.34. The van der Waals surface area contributed by atoms with Gasteiger partial charge in [0.05, 0.1) is 5.56 Å². The third-order valence-electron chi connectivity index (χ3n) is 1.94. The summed E-state index contributed by atoms with van der Waals surface area (Å²) in [6, 6.07) is 3.43. The van der Waals surface area contributed by atoms with E-state index in [1.807, 2.05) is 6.92 Å². The monoisotopic (exact) mass is 205 g/mol. The molecule has 5 heteroatoms. The molecule has 2 heterocycles. The second kappa shape index (κ2) is 3.61. The first-order chi connectivity index (χ1) is 7.15. The number of rotatable bonds is 2. The highest BCUT2D eigenvalue weighted by molar-refractivity contribution is 6.03. The summed E-state index contributed by atoms with van der Waals surface area (Å²) in [6.07, 6.45) is 1.42. The molecule has 0 radical (unpaired) electrons. The number of amides is 1. The van der Waals surface area contributed by atoms with E-state index in [9.17, 15) is 4.79 Å². The standard InChI is InChI=1S/C10H11N3O2/c1-6-3-9(13-12-6)11-10(14)8-4-7(2)15-5-8/h3-5H,1-2H3,(H2,11,12,13,14). The van der Waals surface area contributed by atoms with E-state index in [0.29, 0.717) is 17.1 Å². The minimum atomic E-state index is -0.224. The van der Waals surface area contributed by atoms with E-state index in [1.165, 1.54) is 6.26 Å². The summed E-state index contributed by atoms with van der Waals surface area (Å²) in [6.45, 7) is 3.65. The van der Waals surface area contributed by atoms with Gasteiger partial charge in [-0.05, 0) is 19.9 Å². The van der Waals surface area contributed by atoms with Crippen LogP contribution in [0.3, 0.4) is 0 Å². The van der Waals surface area contributed by atoms with E-state index in [4.69, 9.17) is 4.42 Å². The molecule has 0 unspecified atom stereocenters. The van der Waals surface area contributed by atoms with Gasteiger partial charge in [-0.2, -0.15) is 5.10 Å². The highest BCUT2D eigenvalue weighted by Gasteiger charge is 2.09. The Morgan fingerprint density at radius 3 is 2.80 bits per heavy atom. The number of aromatic amines is 1. The predicted molar refractivity (Wildman–Crippen MR) is 54.7 cm³/mol. The number of hydrogen-bond donors (Lipinski definition) is 2. The Labute approximate surface area is 86.5 Å². The average Bonchev–Trinajstić information content (AvgIpc) is 2.75. The van der Waals surface area contributed by atoms with Gasteiger partial charge in [0.15, 0.2) is 5.82 Å². The molecule has 1 amide bonds. The van der Waals surface area contributed by atoms with E-state index in [2.05, 4.69) is 15.5 Å². The van der Waals surface area contributed by atoms with Crippen molar-refractivity contribution in [2.75, 3.05) is 5.32 Å². The number of furan rings is 1. The highest BCUT2D eigenvalue weighted by Crippen LogP contribution is 2.10. The minimum absolute atomic E-state index is 0.224. The van der Waals surface area contributed by atoms with Crippen LogP contribution in [0.4, 0.5) is 5.82 Å². The molecule has 5 nitrogen and oxygen atoms in total. The summed E-state index contributed by atoms with van der Waals surface area (Å²) in [5.41, 5.74) is 1.39. The van der Waals surface area contributed by atoms with Crippen LogP contribution < -0.4 is 5.32 Å². The zero-order chi connectivity index (χ0) is 10.8. The van der Waals surface area contributed by atoms with E-state index in [-0.39, 0.29) is 5.91 Å². The van der Waals surface area contributed by atoms with Gasteiger partial charge in [0.25, 0.3) is 5.91 Å². The van der Waals surface area contributed by atoms with Crippen molar-refractivity contribution in [3.8, 4) is 0 Å². The smallest absolute Gasteiger partial charge is 0.260 e. The van der Waals surface area contributed by atoms with Gasteiger partial charge in [-0.25, -0.2) is 0 Å². The summed E-state index contributed by atoms with van der Waals surface area (Å²) in [7, 11) is 0. The first kappa shape index (κ1) is 9.51. The normalized spacial score (nSPS) is 10.3. The molecule has 0 atom stereocenters. The number of anilines is 1. The van der Waals surface area contributed by atoms with Gasteiger partial charge in [-0.1, -0.05) is 0 Å². The fourth-order valence-electron chi connectivity index (χ4n) is 1.23. The molecule has 0 bridgehead atoms. The van der Waals surface area contributed by atoms with Gasteiger partial charge in [-0.3, -0.25) is 9.89 Å². The molecular formula is C10H11N3O2. The molecule has 0 spiro atoms. The topological polar surface area (TPSA) is 70.9 Å². The molecule has 0 aromatic carbocycles. The molecule has 15 heavy (non-hydrogen) atoms. The lowest BCUT2D eigenvalue weighted by Gasteiger charge is -1.96. The number of H-pyrrole nitrogens is 1. The predicted octanol–water partition coefficient (Wildman–Crippen LogP) is 1.87. The van der Waals surface area contributed by atoms with E-state index >= 15 is 0 Å². The van der Waals surface area contributed by atoms with Crippen LogP contribution in [-0.2, 0) is 0 Å². The van der Waals surface area contributed by atoms with Crippen LogP contribution in [0.25, 0.3) is 0 Å². The molecule has 0 aliphatic heterocycles. The maximum Gasteiger partial charge on any atom is 0.260 e. The Morgan fingerprint density at radius 1 is 1.47 bits per heavy atom. The fraction of sp³-hybridized carbons (Fsp3) is 0.200. The molecule has 0 fully saturated rings. The molecule has 2 aromatic heterocycles. The van der Waals surface area contributed by atoms with Crippen molar-refractivity contribution in [1.82, 2.24) is 10.2 Å². The molecule has 2 N–H and O–H groups in total. The third kappa shape index (κ3) is 2.07. The molecule has 0 saturated carbocycles.